The largest absolute Gasteiger partial charge is 0.497 e. The average Bonchev–Trinajstić information content (AvgIpc) is 2.62. The Hall–Kier alpha value is -2.64. The standard InChI is InChI=1S/C19H19Cl2N3O4/c1-10-7-12(20)5-6-15(10)23-24-17(11(2)25)19(26)22-16-9-13(27-3)8-14(21)18(16)28-4/h5-9,17H,1-4H3,(H,22,26). The number of hydrogen-bond donors (Lipinski definition) is 1. The molecule has 0 saturated heterocycles. The van der Waals surface area contributed by atoms with Gasteiger partial charge in [0.05, 0.1) is 30.6 Å². The fourth-order valence-corrected chi connectivity index (χ4v) is 2.87. The number of nitrogens with zero attached hydrogens (tertiary/aromatic N) is 2. The number of ether oxygens (including phenoxy) is 2. The second-order valence-corrected chi connectivity index (χ2v) is 6.68. The first-order chi connectivity index (χ1) is 13.3. The molecule has 0 spiro atoms. The summed E-state index contributed by atoms with van der Waals surface area (Å²) in [6, 6.07) is 6.74. The summed E-state index contributed by atoms with van der Waals surface area (Å²) >= 11 is 12.0. The zero-order valence-electron chi connectivity index (χ0n) is 15.7. The molecular formula is C19H19Cl2N3O4. The Bertz CT molecular complexity index is 932. The van der Waals surface area contributed by atoms with Crippen molar-refractivity contribution >= 4 is 46.3 Å². The predicted octanol–water partition coefficient (Wildman–Crippen LogP) is 5.00. The van der Waals surface area contributed by atoms with Crippen LogP contribution in [0.4, 0.5) is 11.4 Å². The van der Waals surface area contributed by atoms with Crippen LogP contribution in [0.1, 0.15) is 12.5 Å². The molecule has 0 fully saturated rings. The fraction of sp³-hybridized carbons (Fsp3) is 0.263. The lowest BCUT2D eigenvalue weighted by molar-refractivity contribution is -0.126. The highest BCUT2D eigenvalue weighted by Crippen LogP contribution is 2.37. The van der Waals surface area contributed by atoms with Crippen molar-refractivity contribution in [3.8, 4) is 11.5 Å². The van der Waals surface area contributed by atoms with Gasteiger partial charge in [0.25, 0.3) is 5.91 Å². The van der Waals surface area contributed by atoms with Gasteiger partial charge in [0, 0.05) is 17.2 Å². The van der Waals surface area contributed by atoms with E-state index in [1.54, 1.807) is 31.2 Å². The minimum atomic E-state index is -1.34. The summed E-state index contributed by atoms with van der Waals surface area (Å²) in [4.78, 5) is 24.6. The molecule has 28 heavy (non-hydrogen) atoms. The van der Waals surface area contributed by atoms with E-state index in [1.165, 1.54) is 27.2 Å². The first-order valence-electron chi connectivity index (χ1n) is 8.16. The highest BCUT2D eigenvalue weighted by molar-refractivity contribution is 6.33. The van der Waals surface area contributed by atoms with Gasteiger partial charge >= 0.3 is 0 Å². The third kappa shape index (κ3) is 5.21. The summed E-state index contributed by atoms with van der Waals surface area (Å²) in [6.45, 7) is 3.06. The lowest BCUT2D eigenvalue weighted by atomic mass is 10.2. The minimum absolute atomic E-state index is 0.239. The number of carbonyl (C=O) groups excluding carboxylic acids is 2. The Balaban J connectivity index is 2.30. The number of azo groups is 1. The van der Waals surface area contributed by atoms with Crippen molar-refractivity contribution in [2.45, 2.75) is 19.9 Å². The van der Waals surface area contributed by atoms with E-state index in [0.29, 0.717) is 16.5 Å². The van der Waals surface area contributed by atoms with E-state index >= 15 is 0 Å². The van der Waals surface area contributed by atoms with E-state index in [-0.39, 0.29) is 16.5 Å². The van der Waals surface area contributed by atoms with Crippen LogP contribution < -0.4 is 14.8 Å². The third-order valence-corrected chi connectivity index (χ3v) is 4.30. The number of aryl methyl sites for hydroxylation is 1. The van der Waals surface area contributed by atoms with Crippen LogP contribution in [0.5, 0.6) is 11.5 Å². The molecule has 9 heteroatoms. The lowest BCUT2D eigenvalue weighted by Crippen LogP contribution is -2.32. The van der Waals surface area contributed by atoms with Crippen LogP contribution in [-0.2, 0) is 9.59 Å². The maximum Gasteiger partial charge on any atom is 0.258 e. The van der Waals surface area contributed by atoms with Crippen LogP contribution in [0.25, 0.3) is 0 Å². The van der Waals surface area contributed by atoms with E-state index in [4.69, 9.17) is 32.7 Å². The van der Waals surface area contributed by atoms with E-state index in [0.717, 1.165) is 5.56 Å². The Morgan fingerprint density at radius 1 is 1.11 bits per heavy atom. The van der Waals surface area contributed by atoms with Crippen molar-refractivity contribution in [3.63, 3.8) is 0 Å². The minimum Gasteiger partial charge on any atom is -0.497 e. The summed E-state index contributed by atoms with van der Waals surface area (Å²) in [5.41, 5.74) is 1.52. The van der Waals surface area contributed by atoms with Gasteiger partial charge in [-0.05, 0) is 37.6 Å². The molecule has 2 aromatic carbocycles. The Labute approximate surface area is 172 Å². The van der Waals surface area contributed by atoms with Gasteiger partial charge in [-0.2, -0.15) is 10.2 Å². The highest BCUT2D eigenvalue weighted by Gasteiger charge is 2.25. The number of amides is 1. The number of anilines is 1. The molecule has 0 radical (unpaired) electrons. The van der Waals surface area contributed by atoms with Gasteiger partial charge in [0.15, 0.2) is 11.5 Å². The number of nitrogens with one attached hydrogen (secondary N) is 1. The molecule has 0 aliphatic rings. The molecule has 0 bridgehead atoms. The molecule has 7 nitrogen and oxygen atoms in total. The molecule has 1 amide bonds. The van der Waals surface area contributed by atoms with Crippen LogP contribution >= 0.6 is 23.2 Å². The molecule has 1 N–H and O–H groups in total. The number of halogens is 2. The van der Waals surface area contributed by atoms with Crippen LogP contribution in [0, 0.1) is 6.92 Å². The first-order valence-corrected chi connectivity index (χ1v) is 8.92. The maximum absolute atomic E-state index is 12.6. The quantitative estimate of drug-likeness (QED) is 0.501. The summed E-state index contributed by atoms with van der Waals surface area (Å²) in [5, 5.41) is 11.3. The third-order valence-electron chi connectivity index (χ3n) is 3.79. The smallest absolute Gasteiger partial charge is 0.258 e. The van der Waals surface area contributed by atoms with E-state index in [2.05, 4.69) is 15.5 Å². The molecule has 0 aliphatic carbocycles. The normalized spacial score (nSPS) is 11.9. The van der Waals surface area contributed by atoms with Crippen molar-refractivity contribution in [2.24, 2.45) is 10.2 Å². The number of carbonyl (C=O) groups is 2. The van der Waals surface area contributed by atoms with E-state index in [9.17, 15) is 9.59 Å². The number of Topliss-reactive ketones (excluding diaryl/α,β-unsaturated/α-hetero) is 1. The van der Waals surface area contributed by atoms with E-state index < -0.39 is 17.7 Å². The molecule has 2 aromatic rings. The number of benzene rings is 2. The second-order valence-electron chi connectivity index (χ2n) is 5.84. The highest BCUT2D eigenvalue weighted by atomic mass is 35.5. The Kier molecular flexibility index (Phi) is 7.37. The summed E-state index contributed by atoms with van der Waals surface area (Å²) in [6.07, 6.45) is 0. The van der Waals surface area contributed by atoms with Crippen molar-refractivity contribution in [2.75, 3.05) is 19.5 Å². The van der Waals surface area contributed by atoms with Crippen molar-refractivity contribution in [1.82, 2.24) is 0 Å². The molecule has 2 rings (SSSR count). The molecule has 148 valence electrons. The number of hydrogen-bond acceptors (Lipinski definition) is 6. The molecular weight excluding hydrogens is 405 g/mol. The topological polar surface area (TPSA) is 89.3 Å². The SMILES string of the molecule is COc1cc(Cl)c(OC)c(NC(=O)C(N=Nc2ccc(Cl)cc2C)C(C)=O)c1. The monoisotopic (exact) mass is 423 g/mol. The molecule has 0 saturated carbocycles. The van der Waals surface area contributed by atoms with Gasteiger partial charge in [-0.3, -0.25) is 9.59 Å². The van der Waals surface area contributed by atoms with Gasteiger partial charge in [-0.25, -0.2) is 0 Å². The maximum atomic E-state index is 12.6. The van der Waals surface area contributed by atoms with Gasteiger partial charge in [0.1, 0.15) is 5.75 Å². The molecule has 1 unspecified atom stereocenters. The zero-order chi connectivity index (χ0) is 20.8. The lowest BCUT2D eigenvalue weighted by Gasteiger charge is -2.15. The summed E-state index contributed by atoms with van der Waals surface area (Å²) in [7, 11) is 2.87. The average molecular weight is 424 g/mol. The Morgan fingerprint density at radius 2 is 1.82 bits per heavy atom. The van der Waals surface area contributed by atoms with Gasteiger partial charge in [-0.1, -0.05) is 23.2 Å². The second kappa shape index (κ2) is 9.52. The zero-order valence-corrected chi connectivity index (χ0v) is 17.3. The van der Waals surface area contributed by atoms with Crippen molar-refractivity contribution < 1.29 is 19.1 Å². The Morgan fingerprint density at radius 3 is 2.39 bits per heavy atom. The van der Waals surface area contributed by atoms with Crippen LogP contribution in [0.15, 0.2) is 40.6 Å². The summed E-state index contributed by atoms with van der Waals surface area (Å²) < 4.78 is 10.4. The number of ketones is 1. The summed E-state index contributed by atoms with van der Waals surface area (Å²) in [5.74, 6) is -0.492. The van der Waals surface area contributed by atoms with Crippen LogP contribution in [0.3, 0.4) is 0 Å². The predicted molar refractivity (Wildman–Crippen MR) is 108 cm³/mol. The van der Waals surface area contributed by atoms with Gasteiger partial charge in [-0.15, -0.1) is 0 Å². The molecule has 0 aliphatic heterocycles. The van der Waals surface area contributed by atoms with E-state index in [1.807, 2.05) is 0 Å². The number of methoxy groups -OCH3 is 2. The fourth-order valence-electron chi connectivity index (χ4n) is 2.36. The number of rotatable bonds is 7. The molecule has 0 aromatic heterocycles. The van der Waals surface area contributed by atoms with Crippen molar-refractivity contribution in [1.29, 1.82) is 0 Å². The van der Waals surface area contributed by atoms with Gasteiger partial charge in [0.2, 0.25) is 6.04 Å². The first kappa shape index (κ1) is 21.7. The molecule has 1 atom stereocenters. The van der Waals surface area contributed by atoms with Crippen molar-refractivity contribution in [3.05, 3.63) is 45.9 Å². The molecule has 0 heterocycles. The van der Waals surface area contributed by atoms with Gasteiger partial charge < -0.3 is 14.8 Å². The van der Waals surface area contributed by atoms with Crippen LogP contribution in [0.2, 0.25) is 10.0 Å². The van der Waals surface area contributed by atoms with Crippen LogP contribution in [-0.4, -0.2) is 32.0 Å².